The fraction of sp³-hybridized carbons (Fsp3) is 0.364. The summed E-state index contributed by atoms with van der Waals surface area (Å²) in [5, 5.41) is 17.8. The van der Waals surface area contributed by atoms with Crippen molar-refractivity contribution in [1.82, 2.24) is 8.87 Å². The van der Waals surface area contributed by atoms with Crippen molar-refractivity contribution in [3.8, 4) is 0 Å². The molecule has 0 bridgehead atoms. The maximum atomic E-state index is 12.3. The van der Waals surface area contributed by atoms with Crippen molar-refractivity contribution < 1.29 is 23.4 Å². The minimum Gasteiger partial charge on any atom is -0.477 e. The number of aliphatic hydroxyl groups is 1. The quantitative estimate of drug-likeness (QED) is 0.682. The van der Waals surface area contributed by atoms with E-state index in [2.05, 4.69) is 6.58 Å². The first-order valence-corrected chi connectivity index (χ1v) is 6.90. The van der Waals surface area contributed by atoms with E-state index in [4.69, 9.17) is 10.2 Å². The van der Waals surface area contributed by atoms with E-state index >= 15 is 0 Å². The molecule has 0 radical (unpaired) electrons. The molecule has 0 saturated carbocycles. The lowest BCUT2D eigenvalue weighted by atomic mass is 10.4. The second-order valence-corrected chi connectivity index (χ2v) is 5.79. The zero-order chi connectivity index (χ0) is 14.6. The SMILES string of the molecule is C=CCN(CCO)S(=O)(=O)c1cc(C(=O)O)n(C)c1. The molecule has 7 nitrogen and oxygen atoms in total. The van der Waals surface area contributed by atoms with Gasteiger partial charge in [-0.3, -0.25) is 0 Å². The van der Waals surface area contributed by atoms with Gasteiger partial charge < -0.3 is 14.8 Å². The highest BCUT2D eigenvalue weighted by Crippen LogP contribution is 2.18. The van der Waals surface area contributed by atoms with Gasteiger partial charge in [-0.2, -0.15) is 4.31 Å². The Bertz CT molecular complexity index is 576. The number of carboxylic acid groups (broad SMARTS) is 1. The van der Waals surface area contributed by atoms with E-state index < -0.39 is 16.0 Å². The molecule has 0 fully saturated rings. The predicted molar refractivity (Wildman–Crippen MR) is 68.4 cm³/mol. The number of sulfonamides is 1. The number of nitrogens with zero attached hydrogens (tertiary/aromatic N) is 2. The Kier molecular flexibility index (Phi) is 4.87. The van der Waals surface area contributed by atoms with Gasteiger partial charge in [0.2, 0.25) is 10.0 Å². The van der Waals surface area contributed by atoms with Crippen molar-refractivity contribution in [2.75, 3.05) is 19.7 Å². The van der Waals surface area contributed by atoms with Crippen LogP contribution in [0.3, 0.4) is 0 Å². The number of aliphatic hydroxyl groups excluding tert-OH is 1. The fourth-order valence-electron chi connectivity index (χ4n) is 1.60. The lowest BCUT2D eigenvalue weighted by molar-refractivity contribution is 0.0686. The first kappa shape index (κ1) is 15.4. The van der Waals surface area contributed by atoms with Gasteiger partial charge in [0.05, 0.1) is 6.61 Å². The zero-order valence-corrected chi connectivity index (χ0v) is 11.3. The molecule has 1 aromatic rings. The number of aromatic carboxylic acids is 1. The Balaban J connectivity index is 3.21. The van der Waals surface area contributed by atoms with Crippen LogP contribution < -0.4 is 0 Å². The van der Waals surface area contributed by atoms with Crippen LogP contribution in [0.1, 0.15) is 10.5 Å². The average Bonchev–Trinajstić information content (AvgIpc) is 2.72. The molecule has 106 valence electrons. The highest BCUT2D eigenvalue weighted by Gasteiger charge is 2.26. The van der Waals surface area contributed by atoms with Gasteiger partial charge in [0.15, 0.2) is 0 Å². The van der Waals surface area contributed by atoms with Crippen molar-refractivity contribution >= 4 is 16.0 Å². The van der Waals surface area contributed by atoms with Gasteiger partial charge in [-0.05, 0) is 6.07 Å². The summed E-state index contributed by atoms with van der Waals surface area (Å²) in [5.74, 6) is -1.21. The summed E-state index contributed by atoms with van der Waals surface area (Å²) >= 11 is 0. The summed E-state index contributed by atoms with van der Waals surface area (Å²) in [7, 11) is -2.39. The standard InChI is InChI=1S/C11H16N2O5S/c1-3-4-13(5-6-14)19(17,18)9-7-10(11(15)16)12(2)8-9/h3,7-8,14H,1,4-6H2,2H3,(H,15,16). The maximum absolute atomic E-state index is 12.3. The van der Waals surface area contributed by atoms with E-state index in [1.54, 1.807) is 0 Å². The molecule has 19 heavy (non-hydrogen) atoms. The Morgan fingerprint density at radius 3 is 2.63 bits per heavy atom. The first-order valence-electron chi connectivity index (χ1n) is 5.46. The second-order valence-electron chi connectivity index (χ2n) is 3.85. The molecule has 2 N–H and O–H groups in total. The highest BCUT2D eigenvalue weighted by atomic mass is 32.2. The fourth-order valence-corrected chi connectivity index (χ4v) is 3.08. The largest absolute Gasteiger partial charge is 0.477 e. The number of hydrogen-bond donors (Lipinski definition) is 2. The highest BCUT2D eigenvalue weighted by molar-refractivity contribution is 7.89. The van der Waals surface area contributed by atoms with Crippen molar-refractivity contribution in [1.29, 1.82) is 0 Å². The third kappa shape index (κ3) is 3.22. The summed E-state index contributed by atoms with van der Waals surface area (Å²) in [6, 6.07) is 1.09. The van der Waals surface area contributed by atoms with Crippen LogP contribution in [-0.4, -0.2) is 53.2 Å². The molecule has 0 amide bonds. The maximum Gasteiger partial charge on any atom is 0.352 e. The minimum absolute atomic E-state index is 0.0419. The summed E-state index contributed by atoms with van der Waals surface area (Å²) in [6.45, 7) is 3.09. The van der Waals surface area contributed by atoms with E-state index in [1.165, 1.54) is 23.9 Å². The number of hydrogen-bond acceptors (Lipinski definition) is 4. The van der Waals surface area contributed by atoms with E-state index in [-0.39, 0.29) is 30.3 Å². The van der Waals surface area contributed by atoms with Gasteiger partial charge in [0.1, 0.15) is 10.6 Å². The molecule has 0 unspecified atom stereocenters. The van der Waals surface area contributed by atoms with Gasteiger partial charge in [-0.25, -0.2) is 13.2 Å². The molecule has 1 aromatic heterocycles. The lowest BCUT2D eigenvalue weighted by Crippen LogP contribution is -2.33. The third-order valence-electron chi connectivity index (χ3n) is 2.52. The molecule has 0 aliphatic rings. The molecule has 1 heterocycles. The van der Waals surface area contributed by atoms with E-state index in [1.807, 2.05) is 0 Å². The van der Waals surface area contributed by atoms with Crippen LogP contribution in [0.5, 0.6) is 0 Å². The lowest BCUT2D eigenvalue weighted by Gasteiger charge is -2.18. The van der Waals surface area contributed by atoms with Crippen LogP contribution in [0.15, 0.2) is 29.8 Å². The molecule has 0 spiro atoms. The minimum atomic E-state index is -3.84. The van der Waals surface area contributed by atoms with Crippen molar-refractivity contribution in [2.45, 2.75) is 4.90 Å². The number of aromatic nitrogens is 1. The number of aryl methyl sites for hydroxylation is 1. The molecular formula is C11H16N2O5S. The van der Waals surface area contributed by atoms with Crippen molar-refractivity contribution in [3.05, 3.63) is 30.6 Å². The molecule has 0 atom stereocenters. The number of carbonyl (C=O) groups is 1. The number of carboxylic acids is 1. The molecule has 0 saturated heterocycles. The van der Waals surface area contributed by atoms with Crippen LogP contribution in [-0.2, 0) is 17.1 Å². The van der Waals surface area contributed by atoms with Crippen LogP contribution >= 0.6 is 0 Å². The monoisotopic (exact) mass is 288 g/mol. The average molecular weight is 288 g/mol. The molecule has 8 heteroatoms. The van der Waals surface area contributed by atoms with E-state index in [0.29, 0.717) is 0 Å². The van der Waals surface area contributed by atoms with Gasteiger partial charge in [0.25, 0.3) is 0 Å². The summed E-state index contributed by atoms with van der Waals surface area (Å²) < 4.78 is 26.8. The topological polar surface area (TPSA) is 99.8 Å². The molecule has 0 aromatic carbocycles. The molecular weight excluding hydrogens is 272 g/mol. The molecule has 1 rings (SSSR count). The predicted octanol–water partition coefficient (Wildman–Crippen LogP) is -0.108. The molecule has 0 aliphatic carbocycles. The Hall–Kier alpha value is -1.64. The summed E-state index contributed by atoms with van der Waals surface area (Å²) in [5.41, 5.74) is -0.124. The van der Waals surface area contributed by atoms with Crippen LogP contribution in [0.2, 0.25) is 0 Å². The number of rotatable bonds is 7. The Labute approximate surface area is 111 Å². The van der Waals surface area contributed by atoms with Crippen LogP contribution in [0, 0.1) is 0 Å². The van der Waals surface area contributed by atoms with E-state index in [9.17, 15) is 13.2 Å². The van der Waals surface area contributed by atoms with Gasteiger partial charge in [-0.1, -0.05) is 6.08 Å². The smallest absolute Gasteiger partial charge is 0.352 e. The second kappa shape index (κ2) is 6.00. The zero-order valence-electron chi connectivity index (χ0n) is 10.5. The van der Waals surface area contributed by atoms with Crippen LogP contribution in [0.4, 0.5) is 0 Å². The van der Waals surface area contributed by atoms with Crippen molar-refractivity contribution in [2.24, 2.45) is 7.05 Å². The summed E-state index contributed by atoms with van der Waals surface area (Å²) in [6.07, 6.45) is 2.63. The van der Waals surface area contributed by atoms with E-state index in [0.717, 1.165) is 10.4 Å². The normalized spacial score (nSPS) is 11.7. The van der Waals surface area contributed by atoms with Gasteiger partial charge >= 0.3 is 5.97 Å². The Morgan fingerprint density at radius 1 is 1.58 bits per heavy atom. The van der Waals surface area contributed by atoms with Crippen molar-refractivity contribution in [3.63, 3.8) is 0 Å². The van der Waals surface area contributed by atoms with Crippen LogP contribution in [0.25, 0.3) is 0 Å². The van der Waals surface area contributed by atoms with Gasteiger partial charge in [0, 0.05) is 26.3 Å². The molecule has 0 aliphatic heterocycles. The first-order chi connectivity index (χ1) is 8.84. The summed E-state index contributed by atoms with van der Waals surface area (Å²) in [4.78, 5) is 10.8. The Morgan fingerprint density at radius 2 is 2.21 bits per heavy atom. The van der Waals surface area contributed by atoms with Gasteiger partial charge in [-0.15, -0.1) is 6.58 Å². The third-order valence-corrected chi connectivity index (χ3v) is 4.35.